The molecule has 1 aliphatic rings. The highest BCUT2D eigenvalue weighted by molar-refractivity contribution is 7.80. The molecule has 3 nitrogen and oxygen atoms in total. The van der Waals surface area contributed by atoms with Gasteiger partial charge in [-0.2, -0.15) is 0 Å². The number of aliphatic hydroxyl groups excluding tert-OH is 1. The first kappa shape index (κ1) is 7.91. The quantitative estimate of drug-likeness (QED) is 0.526. The molecular weight excluding hydrogens is 148 g/mol. The maximum atomic E-state index is 9.09. The molecule has 0 aliphatic carbocycles. The van der Waals surface area contributed by atoms with E-state index < -0.39 is 0 Å². The Morgan fingerprint density at radius 1 is 1.80 bits per heavy atom. The van der Waals surface area contributed by atoms with E-state index in [2.05, 4.69) is 4.90 Å². The number of β-amino-alcohol motifs (C(OH)–C–C–N with tert-alkyl or cyclic N) is 1. The average Bonchev–Trinajstić information content (AvgIpc) is 2.13. The Labute approximate surface area is 65.8 Å². The van der Waals surface area contributed by atoms with Crippen LogP contribution in [0.4, 0.5) is 0 Å². The lowest BCUT2D eigenvalue weighted by Gasteiger charge is -2.12. The van der Waals surface area contributed by atoms with Crippen LogP contribution in [0.2, 0.25) is 0 Å². The number of aliphatic hydroxyl groups is 1. The van der Waals surface area contributed by atoms with E-state index in [1.54, 1.807) is 0 Å². The predicted octanol–water partition coefficient (Wildman–Crippen LogP) is -0.661. The summed E-state index contributed by atoms with van der Waals surface area (Å²) >= 11 is 4.73. The summed E-state index contributed by atoms with van der Waals surface area (Å²) in [6.45, 7) is 2.28. The van der Waals surface area contributed by atoms with Crippen LogP contribution in [0.3, 0.4) is 0 Å². The number of likely N-dealkylation sites (tertiary alicyclic amines) is 1. The lowest BCUT2D eigenvalue weighted by molar-refractivity contribution is 0.180. The van der Waals surface area contributed by atoms with Crippen molar-refractivity contribution in [3.8, 4) is 0 Å². The van der Waals surface area contributed by atoms with Crippen molar-refractivity contribution in [1.29, 1.82) is 0 Å². The van der Waals surface area contributed by atoms with E-state index in [9.17, 15) is 0 Å². The molecule has 4 heteroatoms. The van der Waals surface area contributed by atoms with E-state index in [-0.39, 0.29) is 6.10 Å². The van der Waals surface area contributed by atoms with Gasteiger partial charge in [0.2, 0.25) is 0 Å². The molecule has 1 saturated heterocycles. The fourth-order valence-electron chi connectivity index (χ4n) is 1.18. The Balaban J connectivity index is 2.24. The summed E-state index contributed by atoms with van der Waals surface area (Å²) < 4.78 is 0. The number of nitrogens with two attached hydrogens (primary N) is 1. The second kappa shape index (κ2) is 3.27. The Hall–Kier alpha value is -0.190. The molecule has 0 spiro atoms. The third-order valence-corrected chi connectivity index (χ3v) is 1.76. The molecule has 1 rings (SSSR count). The van der Waals surface area contributed by atoms with Crippen molar-refractivity contribution in [3.63, 3.8) is 0 Å². The molecule has 0 aromatic carbocycles. The number of hydrogen-bond acceptors (Lipinski definition) is 3. The van der Waals surface area contributed by atoms with E-state index in [4.69, 9.17) is 23.1 Å². The fourth-order valence-corrected chi connectivity index (χ4v) is 1.36. The van der Waals surface area contributed by atoms with Crippen LogP contribution in [0.15, 0.2) is 0 Å². The third-order valence-electron chi connectivity index (χ3n) is 1.63. The molecule has 1 aliphatic heterocycles. The Morgan fingerprint density at radius 2 is 2.50 bits per heavy atom. The van der Waals surface area contributed by atoms with Crippen LogP contribution in [0.25, 0.3) is 0 Å². The second-order valence-electron chi connectivity index (χ2n) is 2.64. The normalized spacial score (nSPS) is 27.1. The summed E-state index contributed by atoms with van der Waals surface area (Å²) in [6, 6.07) is 0. The zero-order valence-electron chi connectivity index (χ0n) is 5.79. The van der Waals surface area contributed by atoms with Crippen LogP contribution in [0, 0.1) is 0 Å². The van der Waals surface area contributed by atoms with Crippen molar-refractivity contribution in [2.75, 3.05) is 19.6 Å². The number of nitrogens with zero attached hydrogens (tertiary/aromatic N) is 1. The Bertz CT molecular complexity index is 140. The molecule has 0 bridgehead atoms. The molecule has 58 valence electrons. The monoisotopic (exact) mass is 160 g/mol. The van der Waals surface area contributed by atoms with Crippen molar-refractivity contribution >= 4 is 17.2 Å². The van der Waals surface area contributed by atoms with Gasteiger partial charge in [-0.15, -0.1) is 0 Å². The van der Waals surface area contributed by atoms with Crippen molar-refractivity contribution in [3.05, 3.63) is 0 Å². The Kier molecular flexibility index (Phi) is 2.59. The van der Waals surface area contributed by atoms with Gasteiger partial charge in [0.05, 0.1) is 11.1 Å². The minimum absolute atomic E-state index is 0.172. The fraction of sp³-hybridized carbons (Fsp3) is 0.833. The molecule has 1 atom stereocenters. The highest BCUT2D eigenvalue weighted by Crippen LogP contribution is 2.07. The lowest BCUT2D eigenvalue weighted by Crippen LogP contribution is -2.31. The molecule has 0 amide bonds. The van der Waals surface area contributed by atoms with Crippen molar-refractivity contribution in [1.82, 2.24) is 4.90 Å². The van der Waals surface area contributed by atoms with Gasteiger partial charge >= 0.3 is 0 Å². The van der Waals surface area contributed by atoms with Crippen LogP contribution in [0.1, 0.15) is 6.42 Å². The van der Waals surface area contributed by atoms with Crippen LogP contribution >= 0.6 is 12.2 Å². The third kappa shape index (κ3) is 2.21. The summed E-state index contributed by atoms with van der Waals surface area (Å²) in [4.78, 5) is 2.57. The molecule has 1 fully saturated rings. The van der Waals surface area contributed by atoms with Crippen LogP contribution in [-0.4, -0.2) is 40.7 Å². The van der Waals surface area contributed by atoms with Gasteiger partial charge in [-0.1, -0.05) is 12.2 Å². The minimum atomic E-state index is -0.172. The zero-order valence-corrected chi connectivity index (χ0v) is 6.60. The molecule has 0 saturated carbocycles. The largest absolute Gasteiger partial charge is 0.392 e. The van der Waals surface area contributed by atoms with Gasteiger partial charge in [0.15, 0.2) is 0 Å². The summed E-state index contributed by atoms with van der Waals surface area (Å²) in [7, 11) is 0. The lowest BCUT2D eigenvalue weighted by atomic mass is 10.3. The smallest absolute Gasteiger partial charge is 0.0870 e. The molecule has 1 heterocycles. The molecule has 0 aromatic rings. The van der Waals surface area contributed by atoms with Gasteiger partial charge in [0, 0.05) is 19.6 Å². The molecular formula is C6H12N2OS. The summed E-state index contributed by atoms with van der Waals surface area (Å²) in [5.41, 5.74) is 5.33. The summed E-state index contributed by atoms with van der Waals surface area (Å²) in [5.74, 6) is 0. The number of thiocarbonyl (C=S) groups is 1. The summed E-state index contributed by atoms with van der Waals surface area (Å²) in [5, 5.41) is 9.09. The van der Waals surface area contributed by atoms with Crippen molar-refractivity contribution in [2.45, 2.75) is 12.5 Å². The highest BCUT2D eigenvalue weighted by Gasteiger charge is 2.19. The minimum Gasteiger partial charge on any atom is -0.392 e. The molecule has 0 radical (unpaired) electrons. The molecule has 10 heavy (non-hydrogen) atoms. The van der Waals surface area contributed by atoms with E-state index in [0.29, 0.717) is 11.5 Å². The van der Waals surface area contributed by atoms with Gasteiger partial charge in [0.1, 0.15) is 0 Å². The van der Waals surface area contributed by atoms with E-state index in [1.807, 2.05) is 0 Å². The molecule has 3 N–H and O–H groups in total. The standard InChI is InChI=1S/C6H12N2OS/c7-6(10)4-8-2-1-5(9)3-8/h5,9H,1-4H2,(H2,7,10)/t5-/m1/s1. The van der Waals surface area contributed by atoms with Gasteiger partial charge in [0.25, 0.3) is 0 Å². The van der Waals surface area contributed by atoms with Crippen molar-refractivity contribution < 1.29 is 5.11 Å². The second-order valence-corrected chi connectivity index (χ2v) is 3.17. The van der Waals surface area contributed by atoms with Crippen LogP contribution in [0.5, 0.6) is 0 Å². The first-order valence-electron chi connectivity index (χ1n) is 3.37. The van der Waals surface area contributed by atoms with E-state index in [0.717, 1.165) is 19.5 Å². The zero-order chi connectivity index (χ0) is 7.56. The van der Waals surface area contributed by atoms with Crippen LogP contribution in [-0.2, 0) is 0 Å². The first-order chi connectivity index (χ1) is 4.68. The average molecular weight is 160 g/mol. The van der Waals surface area contributed by atoms with Gasteiger partial charge in [-0.05, 0) is 6.42 Å². The topological polar surface area (TPSA) is 49.5 Å². The molecule has 0 unspecified atom stereocenters. The van der Waals surface area contributed by atoms with Crippen molar-refractivity contribution in [2.24, 2.45) is 5.73 Å². The first-order valence-corrected chi connectivity index (χ1v) is 3.78. The van der Waals surface area contributed by atoms with Gasteiger partial charge in [-0.25, -0.2) is 0 Å². The summed E-state index contributed by atoms with van der Waals surface area (Å²) in [6.07, 6.45) is 0.678. The SMILES string of the molecule is NC(=S)CN1CC[C@@H](O)C1. The van der Waals surface area contributed by atoms with E-state index >= 15 is 0 Å². The van der Waals surface area contributed by atoms with Gasteiger partial charge in [-0.3, -0.25) is 4.90 Å². The maximum absolute atomic E-state index is 9.09. The number of rotatable bonds is 2. The predicted molar refractivity (Wildman–Crippen MR) is 43.8 cm³/mol. The maximum Gasteiger partial charge on any atom is 0.0870 e. The highest BCUT2D eigenvalue weighted by atomic mass is 32.1. The van der Waals surface area contributed by atoms with E-state index in [1.165, 1.54) is 0 Å². The van der Waals surface area contributed by atoms with Gasteiger partial charge < -0.3 is 10.8 Å². The van der Waals surface area contributed by atoms with Crippen LogP contribution < -0.4 is 5.73 Å². The molecule has 0 aromatic heterocycles. The number of hydrogen-bond donors (Lipinski definition) is 2. The Morgan fingerprint density at radius 3 is 2.90 bits per heavy atom.